The summed E-state index contributed by atoms with van der Waals surface area (Å²) in [6.07, 6.45) is 1.53. The lowest BCUT2D eigenvalue weighted by atomic mass is 10.1. The van der Waals surface area contributed by atoms with E-state index in [1.54, 1.807) is 6.92 Å². The lowest BCUT2D eigenvalue weighted by molar-refractivity contribution is -0.116. The van der Waals surface area contributed by atoms with Gasteiger partial charge in [0.2, 0.25) is 5.91 Å². The van der Waals surface area contributed by atoms with Gasteiger partial charge in [0.1, 0.15) is 17.4 Å². The summed E-state index contributed by atoms with van der Waals surface area (Å²) in [7, 11) is 0. The van der Waals surface area contributed by atoms with Gasteiger partial charge in [-0.1, -0.05) is 42.5 Å². The normalized spacial score (nSPS) is 10.8. The van der Waals surface area contributed by atoms with Crippen LogP contribution in [0.15, 0.2) is 64.9 Å². The third-order valence-corrected chi connectivity index (χ3v) is 6.11. The predicted molar refractivity (Wildman–Crippen MR) is 124 cm³/mol. The van der Waals surface area contributed by atoms with Gasteiger partial charge in [-0.2, -0.15) is 0 Å². The van der Waals surface area contributed by atoms with E-state index >= 15 is 0 Å². The number of benzene rings is 2. The minimum absolute atomic E-state index is 0.115. The molecule has 2 heterocycles. The number of anilines is 1. The van der Waals surface area contributed by atoms with Crippen molar-refractivity contribution in [1.82, 2.24) is 14.5 Å². The highest BCUT2D eigenvalue weighted by Gasteiger charge is 2.16. The van der Waals surface area contributed by atoms with Gasteiger partial charge in [0.15, 0.2) is 0 Å². The molecule has 7 heteroatoms. The molecule has 2 aromatic heterocycles. The Bertz CT molecular complexity index is 1310. The van der Waals surface area contributed by atoms with Crippen molar-refractivity contribution in [3.63, 3.8) is 0 Å². The number of carbonyl (C=O) groups is 1. The second-order valence-corrected chi connectivity index (χ2v) is 8.17. The molecule has 1 amide bonds. The molecule has 31 heavy (non-hydrogen) atoms. The SMILES string of the molecule is Cc1cccc(NC(=O)Cn2c(C)ncc(-c3nc(-c4ccccc4)cs3)c2=O)c1C. The Kier molecular flexibility index (Phi) is 5.77. The van der Waals surface area contributed by atoms with Gasteiger partial charge in [-0.15, -0.1) is 11.3 Å². The maximum Gasteiger partial charge on any atom is 0.264 e. The first-order chi connectivity index (χ1) is 14.9. The number of nitrogens with zero attached hydrogens (tertiary/aromatic N) is 3. The number of rotatable bonds is 5. The summed E-state index contributed by atoms with van der Waals surface area (Å²) in [6, 6.07) is 15.5. The zero-order valence-corrected chi connectivity index (χ0v) is 18.4. The molecule has 0 atom stereocenters. The molecule has 0 unspecified atom stereocenters. The molecule has 0 bridgehead atoms. The summed E-state index contributed by atoms with van der Waals surface area (Å²) in [5, 5.41) is 5.40. The van der Waals surface area contributed by atoms with Gasteiger partial charge in [0.25, 0.3) is 5.56 Å². The van der Waals surface area contributed by atoms with Crippen LogP contribution in [0.5, 0.6) is 0 Å². The van der Waals surface area contributed by atoms with Crippen LogP contribution in [0.1, 0.15) is 17.0 Å². The predicted octanol–water partition coefficient (Wildman–Crippen LogP) is 4.60. The van der Waals surface area contributed by atoms with Crippen molar-refractivity contribution >= 4 is 22.9 Å². The van der Waals surface area contributed by atoms with Crippen molar-refractivity contribution < 1.29 is 4.79 Å². The summed E-state index contributed by atoms with van der Waals surface area (Å²) in [6.45, 7) is 5.55. The number of aromatic nitrogens is 3. The van der Waals surface area contributed by atoms with Gasteiger partial charge >= 0.3 is 0 Å². The molecule has 4 aromatic rings. The molecule has 0 saturated heterocycles. The Labute approximate surface area is 184 Å². The van der Waals surface area contributed by atoms with Crippen molar-refractivity contribution in [3.8, 4) is 21.8 Å². The molecular formula is C24H22N4O2S. The molecule has 0 radical (unpaired) electrons. The largest absolute Gasteiger partial charge is 0.324 e. The van der Waals surface area contributed by atoms with E-state index in [1.165, 1.54) is 22.1 Å². The summed E-state index contributed by atoms with van der Waals surface area (Å²) in [5.41, 5.74) is 4.73. The van der Waals surface area contributed by atoms with Crippen LogP contribution in [-0.2, 0) is 11.3 Å². The number of nitrogens with one attached hydrogen (secondary N) is 1. The summed E-state index contributed by atoms with van der Waals surface area (Å²) in [4.78, 5) is 34.8. The minimum Gasteiger partial charge on any atom is -0.324 e. The Morgan fingerprint density at radius 3 is 2.61 bits per heavy atom. The van der Waals surface area contributed by atoms with Gasteiger partial charge in [-0.3, -0.25) is 14.2 Å². The lowest BCUT2D eigenvalue weighted by Crippen LogP contribution is -2.31. The fourth-order valence-corrected chi connectivity index (χ4v) is 4.10. The van der Waals surface area contributed by atoms with Crippen LogP contribution in [-0.4, -0.2) is 20.4 Å². The molecule has 0 saturated carbocycles. The highest BCUT2D eigenvalue weighted by Crippen LogP contribution is 2.27. The Morgan fingerprint density at radius 2 is 1.84 bits per heavy atom. The van der Waals surface area contributed by atoms with E-state index < -0.39 is 0 Å². The number of thiazole rings is 1. The standard InChI is InChI=1S/C24H22N4O2S/c1-15-8-7-11-20(16(15)2)26-22(29)13-28-17(3)25-12-19(24(28)30)23-27-21(14-31-23)18-9-5-4-6-10-18/h4-12,14H,13H2,1-3H3,(H,26,29). The zero-order chi connectivity index (χ0) is 22.0. The second-order valence-electron chi connectivity index (χ2n) is 7.31. The Hall–Kier alpha value is -3.58. The van der Waals surface area contributed by atoms with E-state index in [-0.39, 0.29) is 18.0 Å². The van der Waals surface area contributed by atoms with Crippen molar-refractivity contribution in [2.45, 2.75) is 27.3 Å². The third kappa shape index (κ3) is 4.32. The molecule has 0 fully saturated rings. The van der Waals surface area contributed by atoms with Crippen molar-refractivity contribution in [2.24, 2.45) is 0 Å². The fourth-order valence-electron chi connectivity index (χ4n) is 3.27. The average molecular weight is 431 g/mol. The fraction of sp³-hybridized carbons (Fsp3) is 0.167. The Morgan fingerprint density at radius 1 is 1.06 bits per heavy atom. The second kappa shape index (κ2) is 8.65. The smallest absolute Gasteiger partial charge is 0.264 e. The molecule has 1 N–H and O–H groups in total. The number of hydrogen-bond donors (Lipinski definition) is 1. The topological polar surface area (TPSA) is 76.9 Å². The van der Waals surface area contributed by atoms with Crippen LogP contribution in [0.4, 0.5) is 5.69 Å². The van der Waals surface area contributed by atoms with E-state index in [1.807, 2.05) is 67.8 Å². The first-order valence-electron chi connectivity index (χ1n) is 9.88. The lowest BCUT2D eigenvalue weighted by Gasteiger charge is -2.13. The number of hydrogen-bond acceptors (Lipinski definition) is 5. The van der Waals surface area contributed by atoms with E-state index in [2.05, 4.69) is 15.3 Å². The van der Waals surface area contributed by atoms with Gasteiger partial charge in [0, 0.05) is 22.8 Å². The van der Waals surface area contributed by atoms with Crippen molar-refractivity contribution in [1.29, 1.82) is 0 Å². The molecule has 2 aromatic carbocycles. The summed E-state index contributed by atoms with van der Waals surface area (Å²) < 4.78 is 1.39. The van der Waals surface area contributed by atoms with E-state index in [4.69, 9.17) is 0 Å². The number of carbonyl (C=O) groups excluding carboxylic acids is 1. The summed E-state index contributed by atoms with van der Waals surface area (Å²) in [5.74, 6) is 0.201. The summed E-state index contributed by atoms with van der Waals surface area (Å²) >= 11 is 1.39. The van der Waals surface area contributed by atoms with Crippen LogP contribution in [0.2, 0.25) is 0 Å². The molecule has 156 valence electrons. The quantitative estimate of drug-likeness (QED) is 0.502. The van der Waals surface area contributed by atoms with Crippen LogP contribution in [0.3, 0.4) is 0 Å². The third-order valence-electron chi connectivity index (χ3n) is 5.23. The molecule has 4 rings (SSSR count). The van der Waals surface area contributed by atoms with Crippen molar-refractivity contribution in [3.05, 3.63) is 87.4 Å². The van der Waals surface area contributed by atoms with Crippen LogP contribution in [0, 0.1) is 20.8 Å². The van der Waals surface area contributed by atoms with Crippen LogP contribution < -0.4 is 10.9 Å². The maximum atomic E-state index is 13.2. The van der Waals surface area contributed by atoms with Crippen molar-refractivity contribution in [2.75, 3.05) is 5.32 Å². The molecule has 0 aliphatic carbocycles. The Balaban J connectivity index is 1.61. The minimum atomic E-state index is -0.280. The first kappa shape index (κ1) is 20.7. The first-order valence-corrected chi connectivity index (χ1v) is 10.8. The maximum absolute atomic E-state index is 13.2. The number of aryl methyl sites for hydroxylation is 2. The molecule has 6 nitrogen and oxygen atoms in total. The van der Waals surface area contributed by atoms with Gasteiger partial charge in [-0.05, 0) is 38.0 Å². The van der Waals surface area contributed by atoms with Crippen LogP contribution >= 0.6 is 11.3 Å². The van der Waals surface area contributed by atoms with E-state index in [0.717, 1.165) is 28.1 Å². The highest BCUT2D eigenvalue weighted by atomic mass is 32.1. The monoisotopic (exact) mass is 430 g/mol. The van der Waals surface area contributed by atoms with Gasteiger partial charge < -0.3 is 5.32 Å². The van der Waals surface area contributed by atoms with Crippen LogP contribution in [0.25, 0.3) is 21.8 Å². The molecular weight excluding hydrogens is 408 g/mol. The van der Waals surface area contributed by atoms with E-state index in [9.17, 15) is 9.59 Å². The molecule has 0 aliphatic heterocycles. The average Bonchev–Trinajstić information content (AvgIpc) is 3.25. The molecule has 0 spiro atoms. The van der Waals surface area contributed by atoms with E-state index in [0.29, 0.717) is 16.4 Å². The van der Waals surface area contributed by atoms with Gasteiger partial charge in [0.05, 0.1) is 11.3 Å². The molecule has 0 aliphatic rings. The zero-order valence-electron chi connectivity index (χ0n) is 17.5. The van der Waals surface area contributed by atoms with Gasteiger partial charge in [-0.25, -0.2) is 9.97 Å². The highest BCUT2D eigenvalue weighted by molar-refractivity contribution is 7.13. The number of amides is 1.